The molecule has 3 N–H and O–H groups in total. The molecule has 0 aromatic heterocycles. The van der Waals surface area contributed by atoms with Crippen molar-refractivity contribution in [3.8, 4) is 0 Å². The first kappa shape index (κ1) is 20.0. The van der Waals surface area contributed by atoms with Gasteiger partial charge in [-0.1, -0.05) is 25.5 Å². The van der Waals surface area contributed by atoms with Crippen LogP contribution < -0.4 is 0 Å². The molecule has 1 unspecified atom stereocenters. The maximum absolute atomic E-state index is 11.4. The van der Waals surface area contributed by atoms with E-state index in [-0.39, 0.29) is 22.3 Å². The average molecular weight is 355 g/mol. The second kappa shape index (κ2) is 9.94. The highest BCUT2D eigenvalue weighted by Crippen LogP contribution is 2.34. The monoisotopic (exact) mass is 355 g/mol. The Morgan fingerprint density at radius 1 is 1.21 bits per heavy atom. The van der Waals surface area contributed by atoms with Crippen molar-refractivity contribution in [3.63, 3.8) is 0 Å². The molecule has 2 amide bonds. The molecule has 0 aliphatic rings. The molecule has 0 radical (unpaired) electrons. The number of hydroxylamine groups is 2. The van der Waals surface area contributed by atoms with Crippen LogP contribution in [-0.4, -0.2) is 44.2 Å². The van der Waals surface area contributed by atoms with E-state index in [0.29, 0.717) is 12.8 Å². The van der Waals surface area contributed by atoms with Gasteiger partial charge in [0.1, 0.15) is 0 Å². The maximum atomic E-state index is 11.4. The molecule has 0 aliphatic heterocycles. The number of benzene rings is 1. The largest absolute Gasteiger partial charge is 0.478 e. The van der Waals surface area contributed by atoms with Crippen molar-refractivity contribution in [3.05, 3.63) is 35.4 Å². The lowest BCUT2D eigenvalue weighted by Gasteiger charge is -2.17. The van der Waals surface area contributed by atoms with Crippen molar-refractivity contribution < 1.29 is 29.8 Å². The van der Waals surface area contributed by atoms with Gasteiger partial charge >= 0.3 is 12.1 Å². The number of hydrogen-bond acceptors (Lipinski definition) is 5. The van der Waals surface area contributed by atoms with E-state index in [1.165, 1.54) is 0 Å². The van der Waals surface area contributed by atoms with Gasteiger partial charge in [0.2, 0.25) is 0 Å². The second-order valence-corrected chi connectivity index (χ2v) is 6.59. The molecule has 0 fully saturated rings. The van der Waals surface area contributed by atoms with Crippen LogP contribution in [0.4, 0.5) is 4.79 Å². The quantitative estimate of drug-likeness (QED) is 0.352. The Morgan fingerprint density at radius 2 is 1.92 bits per heavy atom. The normalized spacial score (nSPS) is 11.8. The standard InChI is InChI=1S/C16H21NO6S/c1-2-24-13(11-6-5-7-12(10-11)15(19)20)8-3-4-9-14(18)17(23)16(21)22/h5-7,10,13,23H,2-4,8-9H2,1H3,(H,19,20)(H,21,22). The van der Waals surface area contributed by atoms with E-state index in [4.69, 9.17) is 15.4 Å². The molecule has 0 heterocycles. The Bertz CT molecular complexity index is 592. The van der Waals surface area contributed by atoms with E-state index >= 15 is 0 Å². The number of rotatable bonds is 9. The van der Waals surface area contributed by atoms with Gasteiger partial charge in [-0.15, -0.1) is 5.06 Å². The van der Waals surface area contributed by atoms with Crippen molar-refractivity contribution in [2.75, 3.05) is 5.75 Å². The van der Waals surface area contributed by atoms with Gasteiger partial charge in [-0.2, -0.15) is 11.8 Å². The van der Waals surface area contributed by atoms with E-state index in [2.05, 4.69) is 0 Å². The van der Waals surface area contributed by atoms with Gasteiger partial charge in [0.05, 0.1) is 5.56 Å². The highest BCUT2D eigenvalue weighted by atomic mass is 32.2. The minimum absolute atomic E-state index is 0.0541. The number of carbonyl (C=O) groups is 3. The smallest absolute Gasteiger partial charge is 0.438 e. The van der Waals surface area contributed by atoms with Crippen molar-refractivity contribution >= 4 is 29.7 Å². The predicted molar refractivity (Wildman–Crippen MR) is 89.4 cm³/mol. The summed E-state index contributed by atoms with van der Waals surface area (Å²) in [7, 11) is 0. The summed E-state index contributed by atoms with van der Waals surface area (Å²) in [6.45, 7) is 2.01. The Kier molecular flexibility index (Phi) is 8.28. The Hall–Kier alpha value is -2.06. The number of thioether (sulfide) groups is 1. The van der Waals surface area contributed by atoms with E-state index in [0.717, 1.165) is 17.7 Å². The number of carbonyl (C=O) groups excluding carboxylic acids is 1. The van der Waals surface area contributed by atoms with Gasteiger partial charge in [0, 0.05) is 11.7 Å². The first-order valence-electron chi connectivity index (χ1n) is 7.56. The zero-order valence-corrected chi connectivity index (χ0v) is 14.2. The summed E-state index contributed by atoms with van der Waals surface area (Å²) in [6.07, 6.45) is 0.0934. The van der Waals surface area contributed by atoms with Crippen LogP contribution in [0, 0.1) is 0 Å². The van der Waals surface area contributed by atoms with Gasteiger partial charge in [-0.25, -0.2) is 9.59 Å². The number of aromatic carboxylic acids is 1. The number of nitrogens with zero attached hydrogens (tertiary/aromatic N) is 1. The molecule has 132 valence electrons. The zero-order chi connectivity index (χ0) is 18.1. The molecule has 0 saturated heterocycles. The summed E-state index contributed by atoms with van der Waals surface area (Å²) in [4.78, 5) is 32.9. The molecule has 0 spiro atoms. The Labute approximate surface area is 144 Å². The summed E-state index contributed by atoms with van der Waals surface area (Å²) in [5, 5.41) is 26.3. The van der Waals surface area contributed by atoms with E-state index < -0.39 is 18.0 Å². The van der Waals surface area contributed by atoms with Gasteiger partial charge in [-0.3, -0.25) is 10.0 Å². The maximum Gasteiger partial charge on any atom is 0.438 e. The number of carboxylic acid groups (broad SMARTS) is 2. The Balaban J connectivity index is 2.58. The lowest BCUT2D eigenvalue weighted by molar-refractivity contribution is -0.156. The summed E-state index contributed by atoms with van der Waals surface area (Å²) in [6, 6.07) is 6.79. The molecule has 1 rings (SSSR count). The SMILES string of the molecule is CCSC(CCCCC(=O)N(O)C(=O)O)c1cccc(C(=O)O)c1. The fourth-order valence-electron chi connectivity index (χ4n) is 2.24. The van der Waals surface area contributed by atoms with Gasteiger partial charge in [0.25, 0.3) is 5.91 Å². The van der Waals surface area contributed by atoms with Gasteiger partial charge < -0.3 is 10.2 Å². The van der Waals surface area contributed by atoms with Crippen molar-refractivity contribution in [2.24, 2.45) is 0 Å². The minimum atomic E-state index is -1.69. The van der Waals surface area contributed by atoms with Crippen LogP contribution in [0.3, 0.4) is 0 Å². The molecule has 0 aliphatic carbocycles. The van der Waals surface area contributed by atoms with Crippen LogP contribution in [0.25, 0.3) is 0 Å². The fourth-order valence-corrected chi connectivity index (χ4v) is 3.31. The first-order chi connectivity index (χ1) is 11.4. The number of unbranched alkanes of at least 4 members (excludes halogenated alkanes) is 1. The van der Waals surface area contributed by atoms with Crippen molar-refractivity contribution in [1.29, 1.82) is 0 Å². The zero-order valence-electron chi connectivity index (χ0n) is 13.3. The third-order valence-electron chi connectivity index (χ3n) is 3.40. The molecular formula is C16H21NO6S. The third kappa shape index (κ3) is 6.21. The molecule has 1 aromatic rings. The minimum Gasteiger partial charge on any atom is -0.478 e. The summed E-state index contributed by atoms with van der Waals surface area (Å²) in [5.41, 5.74) is 1.16. The van der Waals surface area contributed by atoms with E-state index in [9.17, 15) is 14.4 Å². The Morgan fingerprint density at radius 3 is 2.50 bits per heavy atom. The van der Waals surface area contributed by atoms with Crippen LogP contribution in [0.2, 0.25) is 0 Å². The number of imide groups is 1. The van der Waals surface area contributed by atoms with Crippen LogP contribution in [-0.2, 0) is 4.79 Å². The van der Waals surface area contributed by atoms with Gasteiger partial charge in [0.15, 0.2) is 0 Å². The molecule has 24 heavy (non-hydrogen) atoms. The highest BCUT2D eigenvalue weighted by molar-refractivity contribution is 7.99. The number of carboxylic acids is 1. The molecule has 1 aromatic carbocycles. The first-order valence-corrected chi connectivity index (χ1v) is 8.61. The van der Waals surface area contributed by atoms with Crippen molar-refractivity contribution in [1.82, 2.24) is 5.06 Å². The number of hydrogen-bond donors (Lipinski definition) is 3. The van der Waals surface area contributed by atoms with Gasteiger partial charge in [-0.05, 0) is 36.3 Å². The average Bonchev–Trinajstić information content (AvgIpc) is 2.56. The molecule has 7 nitrogen and oxygen atoms in total. The molecule has 0 saturated carbocycles. The summed E-state index contributed by atoms with van der Waals surface area (Å²) < 4.78 is 0. The predicted octanol–water partition coefficient (Wildman–Crippen LogP) is 3.64. The molecule has 8 heteroatoms. The topological polar surface area (TPSA) is 115 Å². The van der Waals surface area contributed by atoms with Crippen LogP contribution in [0.15, 0.2) is 24.3 Å². The molecule has 0 bridgehead atoms. The van der Waals surface area contributed by atoms with Crippen molar-refractivity contribution in [2.45, 2.75) is 37.9 Å². The van der Waals surface area contributed by atoms with Crippen LogP contribution in [0.5, 0.6) is 0 Å². The summed E-state index contributed by atoms with van der Waals surface area (Å²) in [5.74, 6) is -0.959. The highest BCUT2D eigenvalue weighted by Gasteiger charge is 2.18. The lowest BCUT2D eigenvalue weighted by Crippen LogP contribution is -2.32. The molecular weight excluding hydrogens is 334 g/mol. The molecule has 1 atom stereocenters. The van der Waals surface area contributed by atoms with Crippen LogP contribution in [0.1, 0.15) is 53.8 Å². The number of amides is 2. The second-order valence-electron chi connectivity index (χ2n) is 5.11. The fraction of sp³-hybridized carbons (Fsp3) is 0.438. The summed E-state index contributed by atoms with van der Waals surface area (Å²) >= 11 is 1.69. The van der Waals surface area contributed by atoms with E-state index in [1.54, 1.807) is 30.0 Å². The third-order valence-corrected chi connectivity index (χ3v) is 4.64. The van der Waals surface area contributed by atoms with Crippen LogP contribution >= 0.6 is 11.8 Å². The van der Waals surface area contributed by atoms with E-state index in [1.807, 2.05) is 13.0 Å². The lowest BCUT2D eigenvalue weighted by atomic mass is 10.0.